The second-order valence-corrected chi connectivity index (χ2v) is 7.30. The number of ether oxygens (including phenoxy) is 2. The molecule has 148 valence electrons. The van der Waals surface area contributed by atoms with Gasteiger partial charge in [-0.2, -0.15) is 5.10 Å². The molecule has 2 aromatic carbocycles. The standard InChI is InChI=1S/C23H22N2O4/c1-14-3-5-15(6-4-14)13-29-22-10-17(12-24-25-22)16-7-8-21(28-2)19(9-16)18-11-20(18)23(26)27/h3-10,12,18,20H,11,13H2,1-2H3,(H,26,27). The summed E-state index contributed by atoms with van der Waals surface area (Å²) < 4.78 is 11.2. The number of nitrogens with zero attached hydrogens (tertiary/aromatic N) is 2. The predicted molar refractivity (Wildman–Crippen MR) is 108 cm³/mol. The van der Waals surface area contributed by atoms with Crippen molar-refractivity contribution in [2.24, 2.45) is 5.92 Å². The van der Waals surface area contributed by atoms with Gasteiger partial charge in [-0.25, -0.2) is 0 Å². The van der Waals surface area contributed by atoms with Gasteiger partial charge in [0.25, 0.3) is 0 Å². The second kappa shape index (κ2) is 7.91. The van der Waals surface area contributed by atoms with E-state index in [4.69, 9.17) is 9.47 Å². The van der Waals surface area contributed by atoms with E-state index >= 15 is 0 Å². The summed E-state index contributed by atoms with van der Waals surface area (Å²) in [4.78, 5) is 11.3. The molecule has 0 spiro atoms. The van der Waals surface area contributed by atoms with E-state index in [1.165, 1.54) is 5.56 Å². The van der Waals surface area contributed by atoms with Gasteiger partial charge < -0.3 is 14.6 Å². The van der Waals surface area contributed by atoms with Crippen LogP contribution in [0.5, 0.6) is 11.6 Å². The van der Waals surface area contributed by atoms with Gasteiger partial charge in [0, 0.05) is 17.5 Å². The molecule has 29 heavy (non-hydrogen) atoms. The van der Waals surface area contributed by atoms with Crippen molar-refractivity contribution in [1.82, 2.24) is 10.2 Å². The van der Waals surface area contributed by atoms with Gasteiger partial charge in [0.15, 0.2) is 0 Å². The normalized spacial score (nSPS) is 17.6. The zero-order valence-electron chi connectivity index (χ0n) is 16.3. The van der Waals surface area contributed by atoms with Crippen LogP contribution in [-0.4, -0.2) is 28.4 Å². The van der Waals surface area contributed by atoms with Crippen LogP contribution in [0, 0.1) is 12.8 Å². The summed E-state index contributed by atoms with van der Waals surface area (Å²) in [6.45, 7) is 2.46. The van der Waals surface area contributed by atoms with E-state index in [0.717, 1.165) is 22.3 Å². The molecule has 0 saturated heterocycles. The van der Waals surface area contributed by atoms with Crippen molar-refractivity contribution in [1.29, 1.82) is 0 Å². The first kappa shape index (κ1) is 18.9. The zero-order valence-corrected chi connectivity index (χ0v) is 16.3. The maximum atomic E-state index is 11.3. The summed E-state index contributed by atoms with van der Waals surface area (Å²) in [5, 5.41) is 17.4. The minimum absolute atomic E-state index is 0.0190. The van der Waals surface area contributed by atoms with E-state index in [2.05, 4.69) is 10.2 Å². The molecule has 2 unspecified atom stereocenters. The van der Waals surface area contributed by atoms with Gasteiger partial charge in [-0.1, -0.05) is 35.9 Å². The number of carbonyl (C=O) groups is 1. The Morgan fingerprint density at radius 1 is 1.14 bits per heavy atom. The van der Waals surface area contributed by atoms with E-state index in [1.807, 2.05) is 55.5 Å². The van der Waals surface area contributed by atoms with Crippen LogP contribution >= 0.6 is 0 Å². The first-order valence-corrected chi connectivity index (χ1v) is 9.47. The van der Waals surface area contributed by atoms with E-state index in [-0.39, 0.29) is 11.8 Å². The van der Waals surface area contributed by atoms with Crippen LogP contribution in [0.3, 0.4) is 0 Å². The van der Waals surface area contributed by atoms with Crippen molar-refractivity contribution in [3.05, 3.63) is 71.4 Å². The molecule has 6 heteroatoms. The summed E-state index contributed by atoms with van der Waals surface area (Å²) in [6.07, 6.45) is 2.31. The third-order valence-electron chi connectivity index (χ3n) is 5.21. The molecule has 0 aliphatic heterocycles. The summed E-state index contributed by atoms with van der Waals surface area (Å²) in [5.41, 5.74) is 4.95. The summed E-state index contributed by atoms with van der Waals surface area (Å²) in [5.74, 6) is 0.0213. The molecule has 4 rings (SSSR count). The molecule has 1 saturated carbocycles. The molecule has 0 amide bonds. The number of hydrogen-bond donors (Lipinski definition) is 1. The zero-order chi connectivity index (χ0) is 20.4. The maximum Gasteiger partial charge on any atom is 0.307 e. The topological polar surface area (TPSA) is 81.5 Å². The number of aromatic nitrogens is 2. The average molecular weight is 390 g/mol. The van der Waals surface area contributed by atoms with Crippen LogP contribution in [0.2, 0.25) is 0 Å². The van der Waals surface area contributed by atoms with Crippen molar-refractivity contribution in [3.8, 4) is 22.8 Å². The highest BCUT2D eigenvalue weighted by Gasteiger charge is 2.45. The lowest BCUT2D eigenvalue weighted by atomic mass is 10.0. The highest BCUT2D eigenvalue weighted by molar-refractivity contribution is 5.76. The first-order chi connectivity index (χ1) is 14.0. The van der Waals surface area contributed by atoms with Crippen LogP contribution in [0.4, 0.5) is 0 Å². The van der Waals surface area contributed by atoms with Gasteiger partial charge in [-0.3, -0.25) is 4.79 Å². The van der Waals surface area contributed by atoms with Crippen LogP contribution in [0.1, 0.15) is 29.0 Å². The number of aliphatic carboxylic acids is 1. The molecule has 1 N–H and O–H groups in total. The largest absolute Gasteiger partial charge is 0.496 e. The van der Waals surface area contributed by atoms with Gasteiger partial charge >= 0.3 is 5.97 Å². The molecular formula is C23H22N2O4. The van der Waals surface area contributed by atoms with Gasteiger partial charge in [0.2, 0.25) is 5.88 Å². The lowest BCUT2D eigenvalue weighted by Gasteiger charge is -2.11. The third kappa shape index (κ3) is 4.21. The highest BCUT2D eigenvalue weighted by Crippen LogP contribution is 2.51. The fraction of sp³-hybridized carbons (Fsp3) is 0.261. The molecule has 1 aromatic heterocycles. The molecule has 1 aliphatic carbocycles. The molecule has 6 nitrogen and oxygen atoms in total. The Hall–Kier alpha value is -3.41. The Labute approximate surface area is 169 Å². The molecule has 0 radical (unpaired) electrons. The Morgan fingerprint density at radius 2 is 1.93 bits per heavy atom. The van der Waals surface area contributed by atoms with Crippen molar-refractivity contribution < 1.29 is 19.4 Å². The predicted octanol–water partition coefficient (Wildman–Crippen LogP) is 4.23. The van der Waals surface area contributed by atoms with Crippen LogP contribution in [0.25, 0.3) is 11.1 Å². The SMILES string of the molecule is COc1ccc(-c2cnnc(OCc3ccc(C)cc3)c2)cc1C1CC1C(=O)O. The van der Waals surface area contributed by atoms with Gasteiger partial charge in [-0.15, -0.1) is 5.10 Å². The summed E-state index contributed by atoms with van der Waals surface area (Å²) in [7, 11) is 1.60. The smallest absolute Gasteiger partial charge is 0.307 e. The molecule has 2 atom stereocenters. The number of benzene rings is 2. The number of carboxylic acid groups (broad SMARTS) is 1. The lowest BCUT2D eigenvalue weighted by molar-refractivity contribution is -0.138. The van der Waals surface area contributed by atoms with E-state index in [0.29, 0.717) is 24.7 Å². The third-order valence-corrected chi connectivity index (χ3v) is 5.21. The van der Waals surface area contributed by atoms with Gasteiger partial charge in [0.1, 0.15) is 12.4 Å². The number of hydrogen-bond acceptors (Lipinski definition) is 5. The van der Waals surface area contributed by atoms with Gasteiger partial charge in [-0.05, 0) is 42.2 Å². The van der Waals surface area contributed by atoms with Crippen LogP contribution < -0.4 is 9.47 Å². The summed E-state index contributed by atoms with van der Waals surface area (Å²) in [6, 6.07) is 15.8. The average Bonchev–Trinajstić information content (AvgIpc) is 3.54. The Morgan fingerprint density at radius 3 is 2.62 bits per heavy atom. The number of aryl methyl sites for hydroxylation is 1. The van der Waals surface area contributed by atoms with E-state index < -0.39 is 5.97 Å². The minimum Gasteiger partial charge on any atom is -0.496 e. The molecule has 0 bridgehead atoms. The molecule has 1 heterocycles. The Kier molecular flexibility index (Phi) is 5.16. The van der Waals surface area contributed by atoms with Gasteiger partial charge in [0.05, 0.1) is 19.2 Å². The van der Waals surface area contributed by atoms with Crippen molar-refractivity contribution >= 4 is 5.97 Å². The first-order valence-electron chi connectivity index (χ1n) is 9.47. The fourth-order valence-corrected chi connectivity index (χ4v) is 3.43. The Bertz CT molecular complexity index is 1030. The number of rotatable bonds is 7. The Balaban J connectivity index is 1.54. The quantitative estimate of drug-likeness (QED) is 0.650. The van der Waals surface area contributed by atoms with Crippen LogP contribution in [0.15, 0.2) is 54.7 Å². The fourth-order valence-electron chi connectivity index (χ4n) is 3.43. The van der Waals surface area contributed by atoms with Crippen molar-refractivity contribution in [2.75, 3.05) is 7.11 Å². The van der Waals surface area contributed by atoms with E-state index in [9.17, 15) is 9.90 Å². The molecule has 1 aliphatic rings. The monoisotopic (exact) mass is 390 g/mol. The number of carboxylic acids is 1. The summed E-state index contributed by atoms with van der Waals surface area (Å²) >= 11 is 0. The molecule has 3 aromatic rings. The molecule has 1 fully saturated rings. The lowest BCUT2D eigenvalue weighted by Crippen LogP contribution is -2.01. The molecular weight excluding hydrogens is 368 g/mol. The maximum absolute atomic E-state index is 11.3. The number of methoxy groups -OCH3 is 1. The van der Waals surface area contributed by atoms with Crippen molar-refractivity contribution in [3.63, 3.8) is 0 Å². The second-order valence-electron chi connectivity index (χ2n) is 7.30. The minimum atomic E-state index is -0.764. The van der Waals surface area contributed by atoms with Crippen molar-refractivity contribution in [2.45, 2.75) is 25.9 Å². The van der Waals surface area contributed by atoms with E-state index in [1.54, 1.807) is 13.3 Å². The van der Waals surface area contributed by atoms with Crippen LogP contribution in [-0.2, 0) is 11.4 Å². The highest BCUT2D eigenvalue weighted by atomic mass is 16.5.